The summed E-state index contributed by atoms with van der Waals surface area (Å²) in [5.41, 5.74) is 1.39. The van der Waals surface area contributed by atoms with Crippen molar-refractivity contribution in [1.82, 2.24) is 25.1 Å². The summed E-state index contributed by atoms with van der Waals surface area (Å²) in [4.78, 5) is 27.6. The molecule has 2 saturated heterocycles. The summed E-state index contributed by atoms with van der Waals surface area (Å²) in [6, 6.07) is 10.8. The van der Waals surface area contributed by atoms with Crippen LogP contribution in [-0.2, 0) is 6.54 Å². The molecular formula is C23H32N6O. The first-order valence-corrected chi connectivity index (χ1v) is 11.1. The van der Waals surface area contributed by atoms with Crippen molar-refractivity contribution in [3.05, 3.63) is 54.5 Å². The van der Waals surface area contributed by atoms with Crippen LogP contribution in [0.5, 0.6) is 0 Å². The van der Waals surface area contributed by atoms with Crippen LogP contribution in [0, 0.1) is 5.92 Å². The van der Waals surface area contributed by atoms with Crippen LogP contribution < -0.4 is 10.2 Å². The minimum Gasteiger partial charge on any atom is -0.352 e. The van der Waals surface area contributed by atoms with Gasteiger partial charge < -0.3 is 15.1 Å². The Morgan fingerprint density at radius 1 is 1.00 bits per heavy atom. The molecule has 160 valence electrons. The molecule has 1 N–H and O–H groups in total. The van der Waals surface area contributed by atoms with Crippen LogP contribution in [0.4, 0.5) is 10.6 Å². The highest BCUT2D eigenvalue weighted by atomic mass is 16.2. The first-order chi connectivity index (χ1) is 14.8. The average Bonchev–Trinajstić information content (AvgIpc) is 2.81. The minimum atomic E-state index is 0.0651. The van der Waals surface area contributed by atoms with Crippen LogP contribution in [0.3, 0.4) is 0 Å². The molecule has 0 spiro atoms. The predicted molar refractivity (Wildman–Crippen MR) is 118 cm³/mol. The number of piperazine rings is 1. The third kappa shape index (κ3) is 5.69. The zero-order valence-electron chi connectivity index (χ0n) is 17.6. The monoisotopic (exact) mass is 408 g/mol. The van der Waals surface area contributed by atoms with E-state index < -0.39 is 0 Å². The number of hydrogen-bond donors (Lipinski definition) is 1. The maximum absolute atomic E-state index is 12.5. The van der Waals surface area contributed by atoms with Gasteiger partial charge in [-0.2, -0.15) is 0 Å². The van der Waals surface area contributed by atoms with Crippen LogP contribution in [0.25, 0.3) is 0 Å². The molecule has 2 amide bonds. The molecule has 1 aromatic heterocycles. The Morgan fingerprint density at radius 2 is 1.77 bits per heavy atom. The Morgan fingerprint density at radius 3 is 2.47 bits per heavy atom. The van der Waals surface area contributed by atoms with Gasteiger partial charge in [0.15, 0.2) is 0 Å². The van der Waals surface area contributed by atoms with E-state index in [0.29, 0.717) is 5.92 Å². The zero-order valence-corrected chi connectivity index (χ0v) is 17.6. The van der Waals surface area contributed by atoms with Crippen molar-refractivity contribution < 1.29 is 4.79 Å². The number of rotatable bonds is 6. The van der Waals surface area contributed by atoms with Gasteiger partial charge in [0.1, 0.15) is 5.82 Å². The van der Waals surface area contributed by atoms with Crippen molar-refractivity contribution in [3.63, 3.8) is 0 Å². The van der Waals surface area contributed by atoms with Gasteiger partial charge in [-0.15, -0.1) is 0 Å². The van der Waals surface area contributed by atoms with Crippen molar-refractivity contribution >= 4 is 11.8 Å². The molecule has 0 aliphatic carbocycles. The van der Waals surface area contributed by atoms with Crippen LogP contribution >= 0.6 is 0 Å². The molecule has 7 nitrogen and oxygen atoms in total. The highest BCUT2D eigenvalue weighted by molar-refractivity contribution is 5.74. The van der Waals surface area contributed by atoms with Gasteiger partial charge in [0.05, 0.1) is 6.20 Å². The Bertz CT molecular complexity index is 771. The van der Waals surface area contributed by atoms with Gasteiger partial charge in [0.25, 0.3) is 0 Å². The molecule has 0 unspecified atom stereocenters. The van der Waals surface area contributed by atoms with Crippen molar-refractivity contribution in [3.8, 4) is 0 Å². The van der Waals surface area contributed by atoms with E-state index in [2.05, 4.69) is 55.4 Å². The molecule has 7 heteroatoms. The fourth-order valence-corrected chi connectivity index (χ4v) is 4.36. The van der Waals surface area contributed by atoms with Gasteiger partial charge in [0, 0.05) is 51.7 Å². The molecule has 2 aliphatic heterocycles. The largest absolute Gasteiger partial charge is 0.352 e. The van der Waals surface area contributed by atoms with E-state index in [4.69, 9.17) is 0 Å². The van der Waals surface area contributed by atoms with E-state index in [1.807, 2.05) is 4.90 Å². The second-order valence-corrected chi connectivity index (χ2v) is 8.26. The second kappa shape index (κ2) is 10.4. The van der Waals surface area contributed by atoms with E-state index >= 15 is 0 Å². The van der Waals surface area contributed by atoms with Crippen LogP contribution in [0.1, 0.15) is 24.8 Å². The van der Waals surface area contributed by atoms with Gasteiger partial charge in [0.2, 0.25) is 0 Å². The standard InChI is InChI=1S/C23H32N6O/c30-23(29-16-14-28(15-17-29)22-18-24-10-11-25-22)26-9-6-20-7-12-27(13-8-20)19-21-4-2-1-3-5-21/h1-5,10-11,18,20H,6-9,12-17,19H2,(H,26,30). The average molecular weight is 409 g/mol. The molecule has 0 bridgehead atoms. The van der Waals surface area contributed by atoms with Crippen LogP contribution in [0.2, 0.25) is 0 Å². The van der Waals surface area contributed by atoms with Gasteiger partial charge in [-0.1, -0.05) is 30.3 Å². The summed E-state index contributed by atoms with van der Waals surface area (Å²) < 4.78 is 0. The summed E-state index contributed by atoms with van der Waals surface area (Å²) in [7, 11) is 0. The number of nitrogens with one attached hydrogen (secondary N) is 1. The first-order valence-electron chi connectivity index (χ1n) is 11.1. The molecule has 2 fully saturated rings. The Labute approximate surface area is 179 Å². The number of amides is 2. The number of piperidine rings is 1. The van der Waals surface area contributed by atoms with E-state index in [1.54, 1.807) is 18.6 Å². The number of likely N-dealkylation sites (tertiary alicyclic amines) is 1. The maximum Gasteiger partial charge on any atom is 0.317 e. The molecule has 30 heavy (non-hydrogen) atoms. The van der Waals surface area contributed by atoms with Gasteiger partial charge in [-0.3, -0.25) is 9.88 Å². The minimum absolute atomic E-state index is 0.0651. The van der Waals surface area contributed by atoms with E-state index in [-0.39, 0.29) is 6.03 Å². The highest BCUT2D eigenvalue weighted by Crippen LogP contribution is 2.21. The summed E-state index contributed by atoms with van der Waals surface area (Å²) in [5, 5.41) is 3.13. The number of carbonyl (C=O) groups is 1. The first kappa shape index (κ1) is 20.6. The molecule has 2 aliphatic rings. The summed E-state index contributed by atoms with van der Waals surface area (Å²) in [6.07, 6.45) is 8.69. The number of nitrogens with zero attached hydrogens (tertiary/aromatic N) is 5. The Hall–Kier alpha value is -2.67. The lowest BCUT2D eigenvalue weighted by Gasteiger charge is -2.35. The Kier molecular flexibility index (Phi) is 7.13. The van der Waals surface area contributed by atoms with Crippen LogP contribution in [-0.4, -0.2) is 71.6 Å². The lowest BCUT2D eigenvalue weighted by molar-refractivity contribution is 0.169. The topological polar surface area (TPSA) is 64.6 Å². The molecular weight excluding hydrogens is 376 g/mol. The number of carbonyl (C=O) groups excluding carboxylic acids is 1. The number of hydrogen-bond acceptors (Lipinski definition) is 5. The number of anilines is 1. The summed E-state index contributed by atoms with van der Waals surface area (Å²) in [5.74, 6) is 1.60. The summed E-state index contributed by atoms with van der Waals surface area (Å²) in [6.45, 7) is 7.16. The zero-order chi connectivity index (χ0) is 20.6. The van der Waals surface area contributed by atoms with Gasteiger partial charge in [-0.05, 0) is 43.8 Å². The molecule has 0 radical (unpaired) electrons. The number of benzene rings is 1. The molecule has 0 saturated carbocycles. The van der Waals surface area contributed by atoms with Crippen molar-refractivity contribution in [1.29, 1.82) is 0 Å². The number of urea groups is 1. The fraction of sp³-hybridized carbons (Fsp3) is 0.522. The van der Waals surface area contributed by atoms with E-state index in [9.17, 15) is 4.79 Å². The molecule has 4 rings (SSSR count). The van der Waals surface area contributed by atoms with Crippen molar-refractivity contribution in [2.75, 3.05) is 50.7 Å². The van der Waals surface area contributed by atoms with E-state index in [0.717, 1.165) is 64.6 Å². The van der Waals surface area contributed by atoms with Crippen molar-refractivity contribution in [2.45, 2.75) is 25.8 Å². The maximum atomic E-state index is 12.5. The third-order valence-electron chi connectivity index (χ3n) is 6.23. The highest BCUT2D eigenvalue weighted by Gasteiger charge is 2.23. The molecule has 3 heterocycles. The Balaban J connectivity index is 1.11. The smallest absolute Gasteiger partial charge is 0.317 e. The lowest BCUT2D eigenvalue weighted by atomic mass is 9.93. The van der Waals surface area contributed by atoms with Gasteiger partial charge in [-0.25, -0.2) is 9.78 Å². The summed E-state index contributed by atoms with van der Waals surface area (Å²) >= 11 is 0. The van der Waals surface area contributed by atoms with E-state index in [1.165, 1.54) is 18.4 Å². The van der Waals surface area contributed by atoms with Crippen molar-refractivity contribution in [2.24, 2.45) is 5.92 Å². The van der Waals surface area contributed by atoms with Gasteiger partial charge >= 0.3 is 6.03 Å². The predicted octanol–water partition coefficient (Wildman–Crippen LogP) is 2.61. The number of aromatic nitrogens is 2. The quantitative estimate of drug-likeness (QED) is 0.796. The lowest BCUT2D eigenvalue weighted by Crippen LogP contribution is -2.52. The molecule has 2 aromatic rings. The normalized spacial score (nSPS) is 18.4. The molecule has 1 aromatic carbocycles. The fourth-order valence-electron chi connectivity index (χ4n) is 4.36. The van der Waals surface area contributed by atoms with Crippen LogP contribution in [0.15, 0.2) is 48.9 Å². The molecule has 0 atom stereocenters. The third-order valence-corrected chi connectivity index (χ3v) is 6.23. The second-order valence-electron chi connectivity index (χ2n) is 8.26. The SMILES string of the molecule is O=C(NCCC1CCN(Cc2ccccc2)CC1)N1CCN(c2cnccn2)CC1.